The summed E-state index contributed by atoms with van der Waals surface area (Å²) in [7, 11) is -5.09. The molecule has 3 N–H and O–H groups in total. The largest absolute Gasteiger partial charge is 0.508 e. The van der Waals surface area contributed by atoms with Crippen LogP contribution in [0.25, 0.3) is 0 Å². The normalized spacial score (nSPS) is 12.2. The van der Waals surface area contributed by atoms with Crippen LogP contribution in [-0.4, -0.2) is 23.2 Å². The molecule has 10 heteroatoms. The number of phenols is 2. The van der Waals surface area contributed by atoms with E-state index in [0.29, 0.717) is 0 Å². The molecule has 0 spiro atoms. The summed E-state index contributed by atoms with van der Waals surface area (Å²) >= 11 is 24.7. The Hall–Kier alpha value is -1.67. The summed E-state index contributed by atoms with van der Waals surface area (Å²) in [5.41, 5.74) is -0.463. The van der Waals surface area contributed by atoms with Crippen molar-refractivity contribution in [1.82, 2.24) is 0 Å². The van der Waals surface area contributed by atoms with Crippen molar-refractivity contribution in [3.8, 4) is 11.5 Å². The Bertz CT molecular complexity index is 1160. The molecule has 152 valence electrons. The van der Waals surface area contributed by atoms with Crippen molar-refractivity contribution in [2.45, 2.75) is 4.75 Å². The number of benzene rings is 3. The molecule has 3 aromatic carbocycles. The van der Waals surface area contributed by atoms with Crippen LogP contribution < -0.4 is 0 Å². The first-order valence-electron chi connectivity index (χ1n) is 7.89. The molecule has 0 aliphatic heterocycles. The molecule has 0 aliphatic rings. The molecule has 0 amide bonds. The van der Waals surface area contributed by atoms with E-state index in [2.05, 4.69) is 0 Å². The van der Waals surface area contributed by atoms with Gasteiger partial charge in [0, 0.05) is 21.2 Å². The van der Waals surface area contributed by atoms with E-state index < -0.39 is 14.9 Å². The third-order valence-electron chi connectivity index (χ3n) is 4.37. The lowest BCUT2D eigenvalue weighted by atomic mass is 9.83. The Labute approximate surface area is 186 Å². The zero-order valence-electron chi connectivity index (χ0n) is 14.3. The summed E-state index contributed by atoms with van der Waals surface area (Å²) in [5, 5.41) is 20.0. The van der Waals surface area contributed by atoms with Gasteiger partial charge in [0.05, 0.1) is 10.0 Å². The third-order valence-corrected chi connectivity index (χ3v) is 7.22. The highest BCUT2D eigenvalue weighted by molar-refractivity contribution is 7.87. The van der Waals surface area contributed by atoms with Crippen LogP contribution in [0.1, 0.15) is 16.7 Å². The van der Waals surface area contributed by atoms with Gasteiger partial charge < -0.3 is 10.2 Å². The van der Waals surface area contributed by atoms with Crippen LogP contribution in [-0.2, 0) is 14.9 Å². The van der Waals surface area contributed by atoms with E-state index >= 15 is 0 Å². The quantitative estimate of drug-likeness (QED) is 0.311. The molecule has 0 unspecified atom stereocenters. The highest BCUT2D eigenvalue weighted by Gasteiger charge is 2.51. The topological polar surface area (TPSA) is 94.8 Å². The molecule has 5 nitrogen and oxygen atoms in total. The summed E-state index contributed by atoms with van der Waals surface area (Å²) in [4.78, 5) is 0. The first-order chi connectivity index (χ1) is 13.5. The molecule has 0 aromatic heterocycles. The van der Waals surface area contributed by atoms with Gasteiger partial charge in [-0.25, -0.2) is 0 Å². The van der Waals surface area contributed by atoms with E-state index in [1.54, 1.807) is 0 Å². The first kappa shape index (κ1) is 22.0. The molecular weight excluding hydrogens is 482 g/mol. The molecule has 0 saturated carbocycles. The van der Waals surface area contributed by atoms with Crippen molar-refractivity contribution >= 4 is 56.5 Å². The van der Waals surface area contributed by atoms with Crippen LogP contribution >= 0.6 is 46.4 Å². The van der Waals surface area contributed by atoms with Crippen LogP contribution in [0.4, 0.5) is 0 Å². The second-order valence-electron chi connectivity index (χ2n) is 6.11. The average Bonchev–Trinajstić information content (AvgIpc) is 2.63. The Morgan fingerprint density at radius 3 is 1.52 bits per heavy atom. The fourth-order valence-corrected chi connectivity index (χ4v) is 5.41. The lowest BCUT2D eigenvalue weighted by Crippen LogP contribution is -2.38. The van der Waals surface area contributed by atoms with E-state index in [0.717, 1.165) is 12.1 Å². The molecule has 0 fully saturated rings. The number of halogens is 4. The van der Waals surface area contributed by atoms with E-state index in [9.17, 15) is 23.2 Å². The minimum absolute atomic E-state index is 0.00439. The molecular formula is C19H12Cl4O5S. The van der Waals surface area contributed by atoms with Crippen LogP contribution in [0.5, 0.6) is 11.5 Å². The number of hydrogen-bond acceptors (Lipinski definition) is 4. The molecule has 0 radical (unpaired) electrons. The highest BCUT2D eigenvalue weighted by atomic mass is 35.5. The first-order valence-corrected chi connectivity index (χ1v) is 10.8. The lowest BCUT2D eigenvalue weighted by molar-refractivity contribution is 0.455. The molecule has 0 atom stereocenters. The number of phenolic OH excluding ortho intramolecular Hbond substituents is 2. The van der Waals surface area contributed by atoms with Gasteiger partial charge in [-0.15, -0.1) is 0 Å². The predicted molar refractivity (Wildman–Crippen MR) is 114 cm³/mol. The van der Waals surface area contributed by atoms with E-state index in [-0.39, 0.29) is 48.3 Å². The van der Waals surface area contributed by atoms with Gasteiger partial charge in [-0.05, 0) is 54.1 Å². The Kier molecular flexibility index (Phi) is 5.98. The van der Waals surface area contributed by atoms with E-state index in [1.807, 2.05) is 0 Å². The maximum atomic E-state index is 13.0. The Morgan fingerprint density at radius 1 is 0.655 bits per heavy atom. The zero-order valence-corrected chi connectivity index (χ0v) is 18.1. The molecule has 3 rings (SSSR count). The van der Waals surface area contributed by atoms with Gasteiger partial charge in [-0.1, -0.05) is 52.5 Å². The zero-order chi connectivity index (χ0) is 21.6. The molecule has 0 aliphatic carbocycles. The second kappa shape index (κ2) is 7.87. The standard InChI is InChI=1S/C19H12Cl4O5S/c20-15-5-2-11(24)8-13(15)19(29(26,27)28,10-1-4-17(22)18(23)7-10)14-9-12(25)3-6-16(14)21/h1-9,24-25H,(H,26,27,28). The van der Waals surface area contributed by atoms with E-state index in [4.69, 9.17) is 46.4 Å². The SMILES string of the molecule is O=S(=O)(O)C(c1ccc(Cl)c(Cl)c1)(c1cc(O)ccc1Cl)c1cc(O)ccc1Cl. The number of rotatable bonds is 4. The van der Waals surface area contributed by atoms with Gasteiger partial charge in [0.15, 0.2) is 4.75 Å². The van der Waals surface area contributed by atoms with Gasteiger partial charge in [-0.2, -0.15) is 8.42 Å². The smallest absolute Gasteiger partial charge is 0.283 e. The molecule has 0 saturated heterocycles. The molecule has 0 heterocycles. The van der Waals surface area contributed by atoms with Crippen molar-refractivity contribution in [1.29, 1.82) is 0 Å². The minimum Gasteiger partial charge on any atom is -0.508 e. The van der Waals surface area contributed by atoms with Crippen molar-refractivity contribution in [2.75, 3.05) is 0 Å². The van der Waals surface area contributed by atoms with Crippen molar-refractivity contribution < 1.29 is 23.2 Å². The minimum atomic E-state index is -5.09. The van der Waals surface area contributed by atoms with Crippen molar-refractivity contribution in [3.63, 3.8) is 0 Å². The van der Waals surface area contributed by atoms with Crippen LogP contribution in [0.2, 0.25) is 20.1 Å². The maximum absolute atomic E-state index is 13.0. The third kappa shape index (κ3) is 3.77. The van der Waals surface area contributed by atoms with E-state index in [1.165, 1.54) is 42.5 Å². The second-order valence-corrected chi connectivity index (χ2v) is 9.30. The molecule has 0 bridgehead atoms. The maximum Gasteiger partial charge on any atom is 0.283 e. The summed E-state index contributed by atoms with van der Waals surface area (Å²) in [6.07, 6.45) is 0. The van der Waals surface area contributed by atoms with Crippen LogP contribution in [0.15, 0.2) is 54.6 Å². The highest BCUT2D eigenvalue weighted by Crippen LogP contribution is 2.50. The lowest BCUT2D eigenvalue weighted by Gasteiger charge is -2.34. The summed E-state index contributed by atoms with van der Waals surface area (Å²) in [6.45, 7) is 0. The summed E-state index contributed by atoms with van der Waals surface area (Å²) in [5.74, 6) is -0.623. The Balaban J connectivity index is 2.62. The van der Waals surface area contributed by atoms with Gasteiger partial charge in [0.1, 0.15) is 11.5 Å². The molecule has 29 heavy (non-hydrogen) atoms. The fraction of sp³-hybridized carbons (Fsp3) is 0.0526. The fourth-order valence-electron chi connectivity index (χ4n) is 3.16. The van der Waals surface area contributed by atoms with Crippen molar-refractivity contribution in [3.05, 3.63) is 91.4 Å². The van der Waals surface area contributed by atoms with Gasteiger partial charge in [-0.3, -0.25) is 4.55 Å². The van der Waals surface area contributed by atoms with Gasteiger partial charge in [0.25, 0.3) is 10.1 Å². The van der Waals surface area contributed by atoms with Gasteiger partial charge in [0.2, 0.25) is 0 Å². The summed E-state index contributed by atoms with van der Waals surface area (Å²) < 4.78 is 34.0. The molecule has 3 aromatic rings. The average molecular weight is 494 g/mol. The number of aromatic hydroxyl groups is 2. The van der Waals surface area contributed by atoms with Crippen molar-refractivity contribution in [2.24, 2.45) is 0 Å². The summed E-state index contributed by atoms with van der Waals surface area (Å²) in [6, 6.07) is 11.1. The Morgan fingerprint density at radius 2 is 1.10 bits per heavy atom. The predicted octanol–water partition coefficient (Wildman–Crippen LogP) is 5.89. The van der Waals surface area contributed by atoms with Gasteiger partial charge >= 0.3 is 0 Å². The number of hydrogen-bond donors (Lipinski definition) is 3. The monoisotopic (exact) mass is 492 g/mol. The van der Waals surface area contributed by atoms with Crippen LogP contribution in [0.3, 0.4) is 0 Å². The van der Waals surface area contributed by atoms with Crippen LogP contribution in [0, 0.1) is 0 Å².